The molecule has 1 aliphatic rings. The van der Waals surface area contributed by atoms with Crippen molar-refractivity contribution in [3.05, 3.63) is 28.5 Å². The molecule has 0 amide bonds. The van der Waals surface area contributed by atoms with Crippen molar-refractivity contribution in [3.8, 4) is 0 Å². The van der Waals surface area contributed by atoms with E-state index in [1.807, 2.05) is 0 Å². The lowest BCUT2D eigenvalue weighted by Gasteiger charge is -2.28. The van der Waals surface area contributed by atoms with E-state index >= 15 is 0 Å². The Morgan fingerprint density at radius 1 is 1.44 bits per heavy atom. The van der Waals surface area contributed by atoms with Crippen molar-refractivity contribution in [2.24, 2.45) is 5.92 Å². The molecule has 3 nitrogen and oxygen atoms in total. The average Bonchev–Trinajstić information content (AvgIpc) is 2.34. The zero-order valence-electron chi connectivity index (χ0n) is 9.83. The van der Waals surface area contributed by atoms with Gasteiger partial charge in [-0.3, -0.25) is 4.79 Å². The van der Waals surface area contributed by atoms with Gasteiger partial charge in [0.1, 0.15) is 5.82 Å². The highest BCUT2D eigenvalue weighted by Gasteiger charge is 2.26. The molecule has 0 spiro atoms. The fourth-order valence-electron chi connectivity index (χ4n) is 2.37. The molecule has 1 aromatic rings. The van der Waals surface area contributed by atoms with Gasteiger partial charge in [-0.15, -0.1) is 0 Å². The van der Waals surface area contributed by atoms with Gasteiger partial charge >= 0.3 is 5.97 Å². The molecular weight excluding hydrogens is 301 g/mol. The minimum Gasteiger partial charge on any atom is -0.481 e. The van der Waals surface area contributed by atoms with E-state index in [0.717, 1.165) is 19.3 Å². The van der Waals surface area contributed by atoms with Crippen LogP contribution in [0.1, 0.15) is 25.7 Å². The van der Waals surface area contributed by atoms with E-state index in [1.165, 1.54) is 6.07 Å². The number of halogens is 2. The maximum atomic E-state index is 13.4. The lowest BCUT2D eigenvalue weighted by atomic mass is 9.85. The first kappa shape index (κ1) is 13.3. The lowest BCUT2D eigenvalue weighted by molar-refractivity contribution is -0.142. The number of aliphatic carboxylic acids is 1. The predicted molar refractivity (Wildman–Crippen MR) is 71.1 cm³/mol. The summed E-state index contributed by atoms with van der Waals surface area (Å²) in [6.07, 6.45) is 3.17. The van der Waals surface area contributed by atoms with Crippen LogP contribution in [-0.4, -0.2) is 17.1 Å². The van der Waals surface area contributed by atoms with Crippen LogP contribution in [0.15, 0.2) is 22.7 Å². The molecule has 2 unspecified atom stereocenters. The summed E-state index contributed by atoms with van der Waals surface area (Å²) in [5.74, 6) is -1.33. The van der Waals surface area contributed by atoms with Gasteiger partial charge in [0.15, 0.2) is 0 Å². The minimum absolute atomic E-state index is 0.112. The summed E-state index contributed by atoms with van der Waals surface area (Å²) in [6, 6.07) is 4.97. The Morgan fingerprint density at radius 2 is 2.22 bits per heavy atom. The van der Waals surface area contributed by atoms with Gasteiger partial charge in [-0.1, -0.05) is 6.42 Å². The second-order valence-corrected chi connectivity index (χ2v) is 5.53. The molecule has 1 saturated carbocycles. The number of rotatable bonds is 3. The van der Waals surface area contributed by atoms with Crippen LogP contribution in [0, 0.1) is 11.7 Å². The first-order chi connectivity index (χ1) is 8.56. The number of hydrogen-bond acceptors (Lipinski definition) is 2. The number of anilines is 1. The smallest absolute Gasteiger partial charge is 0.306 e. The summed E-state index contributed by atoms with van der Waals surface area (Å²) in [5, 5.41) is 12.2. The van der Waals surface area contributed by atoms with Crippen LogP contribution >= 0.6 is 15.9 Å². The normalized spacial score (nSPS) is 23.7. The summed E-state index contributed by atoms with van der Waals surface area (Å²) in [4.78, 5) is 11.0. The van der Waals surface area contributed by atoms with Crippen LogP contribution in [0.4, 0.5) is 10.1 Å². The van der Waals surface area contributed by atoms with Crippen molar-refractivity contribution in [3.63, 3.8) is 0 Å². The number of benzene rings is 1. The highest BCUT2D eigenvalue weighted by molar-refractivity contribution is 9.10. The highest BCUT2D eigenvalue weighted by atomic mass is 79.9. The minimum atomic E-state index is -0.733. The molecule has 0 bridgehead atoms. The first-order valence-corrected chi connectivity index (χ1v) is 6.80. The molecule has 0 aliphatic heterocycles. The molecule has 98 valence electrons. The standard InChI is InChI=1S/C13H15BrFNO2/c14-11-5-4-10(7-12(11)15)16-9-3-1-2-8(6-9)13(17)18/h4-5,7-9,16H,1-3,6H2,(H,17,18). The van der Waals surface area contributed by atoms with E-state index < -0.39 is 5.97 Å². The third kappa shape index (κ3) is 3.22. The largest absolute Gasteiger partial charge is 0.481 e. The number of carbonyl (C=O) groups is 1. The Labute approximate surface area is 114 Å². The summed E-state index contributed by atoms with van der Waals surface area (Å²) in [5.41, 5.74) is 0.701. The van der Waals surface area contributed by atoms with Crippen molar-refractivity contribution >= 4 is 27.6 Å². The van der Waals surface area contributed by atoms with Crippen molar-refractivity contribution in [2.75, 3.05) is 5.32 Å². The summed E-state index contributed by atoms with van der Waals surface area (Å²) < 4.78 is 13.8. The van der Waals surface area contributed by atoms with Gasteiger partial charge in [-0.05, 0) is 53.4 Å². The van der Waals surface area contributed by atoms with Crippen molar-refractivity contribution in [1.82, 2.24) is 0 Å². The first-order valence-electron chi connectivity index (χ1n) is 6.00. The van der Waals surface area contributed by atoms with Crippen LogP contribution in [0.3, 0.4) is 0 Å². The predicted octanol–water partition coefficient (Wildman–Crippen LogP) is 3.64. The number of hydrogen-bond donors (Lipinski definition) is 2. The van der Waals surface area contributed by atoms with E-state index in [2.05, 4.69) is 21.2 Å². The molecule has 0 saturated heterocycles. The molecule has 1 aliphatic carbocycles. The molecule has 0 radical (unpaired) electrons. The van der Waals surface area contributed by atoms with Gasteiger partial charge in [-0.2, -0.15) is 0 Å². The van der Waals surface area contributed by atoms with Gasteiger partial charge in [0, 0.05) is 11.7 Å². The summed E-state index contributed by atoms with van der Waals surface area (Å²) in [7, 11) is 0. The molecule has 2 atom stereocenters. The van der Waals surface area contributed by atoms with E-state index in [-0.39, 0.29) is 17.8 Å². The van der Waals surface area contributed by atoms with Crippen LogP contribution in [-0.2, 0) is 4.79 Å². The molecule has 2 rings (SSSR count). The molecule has 2 N–H and O–H groups in total. The number of carboxylic acids is 1. The van der Waals surface area contributed by atoms with Gasteiger partial charge in [0.2, 0.25) is 0 Å². The van der Waals surface area contributed by atoms with Crippen molar-refractivity contribution in [1.29, 1.82) is 0 Å². The molecule has 1 fully saturated rings. The molecule has 0 heterocycles. The molecule has 18 heavy (non-hydrogen) atoms. The van der Waals surface area contributed by atoms with E-state index in [1.54, 1.807) is 12.1 Å². The summed E-state index contributed by atoms with van der Waals surface area (Å²) >= 11 is 3.10. The average molecular weight is 316 g/mol. The van der Waals surface area contributed by atoms with Crippen LogP contribution < -0.4 is 5.32 Å². The monoisotopic (exact) mass is 315 g/mol. The van der Waals surface area contributed by atoms with Crippen LogP contribution in [0.25, 0.3) is 0 Å². The maximum absolute atomic E-state index is 13.4. The topological polar surface area (TPSA) is 49.3 Å². The third-order valence-electron chi connectivity index (χ3n) is 3.31. The third-order valence-corrected chi connectivity index (χ3v) is 3.96. The van der Waals surface area contributed by atoms with E-state index in [9.17, 15) is 9.18 Å². The maximum Gasteiger partial charge on any atom is 0.306 e. The van der Waals surface area contributed by atoms with E-state index in [4.69, 9.17) is 5.11 Å². The van der Waals surface area contributed by atoms with Gasteiger partial charge < -0.3 is 10.4 Å². The number of carboxylic acid groups (broad SMARTS) is 1. The second-order valence-electron chi connectivity index (χ2n) is 4.67. The Kier molecular flexibility index (Phi) is 4.22. The van der Waals surface area contributed by atoms with Crippen LogP contribution in [0.2, 0.25) is 0 Å². The van der Waals surface area contributed by atoms with Crippen LogP contribution in [0.5, 0.6) is 0 Å². The van der Waals surface area contributed by atoms with Crippen molar-refractivity contribution < 1.29 is 14.3 Å². The zero-order valence-corrected chi connectivity index (χ0v) is 11.4. The summed E-state index contributed by atoms with van der Waals surface area (Å²) in [6.45, 7) is 0. The Morgan fingerprint density at radius 3 is 2.89 bits per heavy atom. The van der Waals surface area contributed by atoms with Gasteiger partial charge in [0.05, 0.1) is 10.4 Å². The highest BCUT2D eigenvalue weighted by Crippen LogP contribution is 2.28. The molecule has 0 aromatic heterocycles. The number of nitrogens with one attached hydrogen (secondary N) is 1. The molecule has 1 aromatic carbocycles. The quantitative estimate of drug-likeness (QED) is 0.895. The Bertz CT molecular complexity index is 453. The Balaban J connectivity index is 2.00. The van der Waals surface area contributed by atoms with Crippen molar-refractivity contribution in [2.45, 2.75) is 31.7 Å². The van der Waals surface area contributed by atoms with Gasteiger partial charge in [-0.25, -0.2) is 4.39 Å². The fraction of sp³-hybridized carbons (Fsp3) is 0.462. The molecule has 5 heteroatoms. The lowest BCUT2D eigenvalue weighted by Crippen LogP contribution is -2.30. The fourth-order valence-corrected chi connectivity index (χ4v) is 2.61. The second kappa shape index (κ2) is 5.69. The molecular formula is C13H15BrFNO2. The van der Waals surface area contributed by atoms with E-state index in [0.29, 0.717) is 16.6 Å². The Hall–Kier alpha value is -1.10. The SMILES string of the molecule is O=C(O)C1CCCC(Nc2ccc(Br)c(F)c2)C1. The zero-order chi connectivity index (χ0) is 13.1. The van der Waals surface area contributed by atoms with Gasteiger partial charge in [0.25, 0.3) is 0 Å².